The van der Waals surface area contributed by atoms with E-state index in [2.05, 4.69) is 0 Å². The summed E-state index contributed by atoms with van der Waals surface area (Å²) < 4.78 is 52.2. The van der Waals surface area contributed by atoms with Crippen LogP contribution < -0.4 is 0 Å². The highest BCUT2D eigenvalue weighted by atomic mass is 35.5. The molecule has 4 unspecified atom stereocenters. The smallest absolute Gasteiger partial charge is 0.303 e. The summed E-state index contributed by atoms with van der Waals surface area (Å²) in [5, 5.41) is 0. The number of hydrogen-bond acceptors (Lipinski definition) is 7. The minimum absolute atomic E-state index is 0.0448. The molecule has 7 nitrogen and oxygen atoms in total. The predicted octanol–water partition coefficient (Wildman–Crippen LogP) is 5.84. The van der Waals surface area contributed by atoms with Crippen molar-refractivity contribution in [1.29, 1.82) is 0 Å². The normalized spacial score (nSPS) is 21.4. The lowest BCUT2D eigenvalue weighted by molar-refractivity contribution is 0.0711. The third-order valence-corrected chi connectivity index (χ3v) is 7.97. The molecule has 26 heavy (non-hydrogen) atoms. The maximum absolute atomic E-state index is 12.9. The molecule has 0 aromatic heterocycles. The van der Waals surface area contributed by atoms with Gasteiger partial charge in [0.25, 0.3) is 0 Å². The zero-order valence-electron chi connectivity index (χ0n) is 15.1. The Morgan fingerprint density at radius 1 is 0.654 bits per heavy atom. The van der Waals surface area contributed by atoms with E-state index in [1.807, 2.05) is 0 Å². The lowest BCUT2D eigenvalue weighted by Gasteiger charge is -2.27. The molecule has 0 bridgehead atoms. The lowest BCUT2D eigenvalue weighted by atomic mass is 10.5. The number of phosphoric ester groups is 1. The Labute approximate surface area is 175 Å². The average molecular weight is 498 g/mol. The maximum Gasteiger partial charge on any atom is 0.476 e. The summed E-state index contributed by atoms with van der Waals surface area (Å²) in [5.41, 5.74) is 0. The second-order valence-corrected chi connectivity index (χ2v) is 10.3. The lowest BCUT2D eigenvalue weighted by Crippen LogP contribution is -2.19. The first-order valence-electron chi connectivity index (χ1n) is 7.84. The van der Waals surface area contributed by atoms with Gasteiger partial charge in [-0.1, -0.05) is 0 Å². The van der Waals surface area contributed by atoms with Gasteiger partial charge in [-0.3, -0.25) is 18.1 Å². The van der Waals surface area contributed by atoms with Crippen LogP contribution in [-0.2, 0) is 31.7 Å². The number of rotatable bonds is 15. The molecule has 0 rings (SSSR count). The van der Waals surface area contributed by atoms with Crippen molar-refractivity contribution in [3.8, 4) is 0 Å². The molecule has 0 heterocycles. The molecular weight excluding hydrogens is 472 g/mol. The summed E-state index contributed by atoms with van der Waals surface area (Å²) >= 11 is 22.7. The second kappa shape index (κ2) is 13.6. The van der Waals surface area contributed by atoms with E-state index in [9.17, 15) is 9.13 Å². The molecule has 4 atom stereocenters. The Bertz CT molecular complexity index is 411. The summed E-state index contributed by atoms with van der Waals surface area (Å²) in [6.45, 7) is 6.36. The van der Waals surface area contributed by atoms with E-state index in [0.29, 0.717) is 0 Å². The van der Waals surface area contributed by atoms with Crippen molar-refractivity contribution in [1.82, 2.24) is 0 Å². The van der Waals surface area contributed by atoms with Crippen LogP contribution in [0.3, 0.4) is 0 Å². The topological polar surface area (TPSA) is 80.3 Å². The fraction of sp³-hybridized carbons (Fsp3) is 1.00. The monoisotopic (exact) mass is 496 g/mol. The number of phosphoric acid groups is 1. The molecule has 0 fully saturated rings. The molecule has 0 saturated heterocycles. The molecule has 0 aromatic carbocycles. The van der Waals surface area contributed by atoms with Crippen molar-refractivity contribution in [2.45, 2.75) is 52.1 Å². The zero-order valence-corrected chi connectivity index (χ0v) is 19.9. The highest BCUT2D eigenvalue weighted by molar-refractivity contribution is 7.55. The summed E-state index contributed by atoms with van der Waals surface area (Å²) in [6.07, 6.45) is -3.17. The van der Waals surface area contributed by atoms with Gasteiger partial charge in [-0.05, 0) is 27.7 Å². The largest absolute Gasteiger partial charge is 0.476 e. The van der Waals surface area contributed by atoms with E-state index in [1.54, 1.807) is 27.7 Å². The molecule has 0 aliphatic rings. The summed E-state index contributed by atoms with van der Waals surface area (Å²) in [4.78, 5) is 0. The van der Waals surface area contributed by atoms with Crippen LogP contribution in [0.2, 0.25) is 0 Å². The first-order valence-corrected chi connectivity index (χ1v) is 13.2. The Kier molecular flexibility index (Phi) is 14.4. The number of halogens is 4. The highest BCUT2D eigenvalue weighted by Crippen LogP contribution is 2.59. The van der Waals surface area contributed by atoms with E-state index < -0.39 is 46.2 Å². The fourth-order valence-corrected chi connectivity index (χ4v) is 5.77. The van der Waals surface area contributed by atoms with Crippen molar-refractivity contribution in [2.75, 3.05) is 29.9 Å². The third-order valence-electron chi connectivity index (χ3n) is 2.54. The van der Waals surface area contributed by atoms with E-state index in [0.717, 1.165) is 0 Å². The highest BCUT2D eigenvalue weighted by Gasteiger charge is 2.38. The van der Waals surface area contributed by atoms with Gasteiger partial charge in [-0.25, -0.2) is 4.57 Å². The van der Waals surface area contributed by atoms with Crippen LogP contribution in [0.1, 0.15) is 27.7 Å². The van der Waals surface area contributed by atoms with E-state index in [4.69, 9.17) is 69.0 Å². The average Bonchev–Trinajstić information content (AvgIpc) is 2.59. The summed E-state index contributed by atoms with van der Waals surface area (Å²) in [7, 11) is -7.99. The summed E-state index contributed by atoms with van der Waals surface area (Å²) in [5.74, 6) is 0.228. The molecule has 0 saturated carbocycles. The summed E-state index contributed by atoms with van der Waals surface area (Å²) in [6, 6.07) is 0. The standard InChI is InChI=1S/C13H26Cl4O7P2/c1-10(5-14)21-25(18,22-11(2)6-15)9-20-26(19,23-12(3)7-16)24-13(4)8-17/h10-13H,5-9H2,1-4H3. The minimum atomic E-state index is -4.13. The van der Waals surface area contributed by atoms with Crippen molar-refractivity contribution in [2.24, 2.45) is 0 Å². The van der Waals surface area contributed by atoms with Gasteiger partial charge in [0.15, 0.2) is 6.35 Å². The second-order valence-electron chi connectivity index (χ2n) is 5.60. The quantitative estimate of drug-likeness (QED) is 0.208. The third kappa shape index (κ3) is 11.4. The molecular formula is C13H26Cl4O7P2. The van der Waals surface area contributed by atoms with Crippen molar-refractivity contribution in [3.05, 3.63) is 0 Å². The zero-order chi connectivity index (χ0) is 20.4. The minimum Gasteiger partial charge on any atom is -0.303 e. The van der Waals surface area contributed by atoms with Crippen LogP contribution in [0, 0.1) is 0 Å². The van der Waals surface area contributed by atoms with Crippen LogP contribution in [0.5, 0.6) is 0 Å². The van der Waals surface area contributed by atoms with E-state index in [1.165, 1.54) is 0 Å². The van der Waals surface area contributed by atoms with Crippen LogP contribution in [0.25, 0.3) is 0 Å². The first kappa shape index (κ1) is 27.4. The molecule has 158 valence electrons. The Morgan fingerprint density at radius 3 is 1.27 bits per heavy atom. The van der Waals surface area contributed by atoms with Crippen LogP contribution >= 0.6 is 61.8 Å². The van der Waals surface area contributed by atoms with Crippen LogP contribution in [0.15, 0.2) is 0 Å². The molecule has 0 N–H and O–H groups in total. The van der Waals surface area contributed by atoms with Crippen molar-refractivity contribution < 1.29 is 31.7 Å². The Balaban J connectivity index is 5.29. The molecule has 0 spiro atoms. The molecule has 0 aliphatic carbocycles. The molecule has 0 amide bonds. The van der Waals surface area contributed by atoms with Gasteiger partial charge in [0.05, 0.1) is 24.4 Å². The van der Waals surface area contributed by atoms with E-state index >= 15 is 0 Å². The van der Waals surface area contributed by atoms with E-state index in [-0.39, 0.29) is 23.5 Å². The van der Waals surface area contributed by atoms with Crippen molar-refractivity contribution in [3.63, 3.8) is 0 Å². The van der Waals surface area contributed by atoms with Gasteiger partial charge < -0.3 is 9.05 Å². The van der Waals surface area contributed by atoms with Crippen LogP contribution in [-0.4, -0.2) is 54.3 Å². The number of hydrogen-bond donors (Lipinski definition) is 0. The fourth-order valence-electron chi connectivity index (χ4n) is 1.41. The molecule has 0 aliphatic heterocycles. The van der Waals surface area contributed by atoms with Crippen LogP contribution in [0.4, 0.5) is 0 Å². The number of alkyl halides is 4. The Morgan fingerprint density at radius 2 is 0.962 bits per heavy atom. The first-order chi connectivity index (χ1) is 12.0. The Hall–Kier alpha value is 1.42. The molecule has 0 radical (unpaired) electrons. The van der Waals surface area contributed by atoms with Gasteiger partial charge in [-0.2, -0.15) is 0 Å². The van der Waals surface area contributed by atoms with Gasteiger partial charge in [-0.15, -0.1) is 46.4 Å². The van der Waals surface area contributed by atoms with Gasteiger partial charge in [0.2, 0.25) is 0 Å². The molecule has 13 heteroatoms. The van der Waals surface area contributed by atoms with Gasteiger partial charge in [0, 0.05) is 23.5 Å². The van der Waals surface area contributed by atoms with Crippen molar-refractivity contribution >= 4 is 61.8 Å². The van der Waals surface area contributed by atoms with Gasteiger partial charge >= 0.3 is 15.4 Å². The maximum atomic E-state index is 12.9. The molecule has 0 aromatic rings. The SMILES string of the molecule is CC(CCl)OP(=O)(COP(=O)(OC(C)CCl)OC(C)CCl)OC(C)CCl. The van der Waals surface area contributed by atoms with Gasteiger partial charge in [0.1, 0.15) is 0 Å². The predicted molar refractivity (Wildman–Crippen MR) is 106 cm³/mol.